The van der Waals surface area contributed by atoms with Crippen LogP contribution in [0.15, 0.2) is 0 Å². The number of halogens is 1. The van der Waals surface area contributed by atoms with Crippen molar-refractivity contribution in [1.82, 2.24) is 0 Å². The van der Waals surface area contributed by atoms with E-state index in [4.69, 9.17) is 25.8 Å². The first-order chi connectivity index (χ1) is 4.62. The molecule has 3 heterocycles. The topological polar surface area (TPSA) is 27.7 Å². The van der Waals surface area contributed by atoms with E-state index in [1.165, 1.54) is 0 Å². The molecule has 0 radical (unpaired) electrons. The van der Waals surface area contributed by atoms with Gasteiger partial charge in [-0.25, -0.2) is 0 Å². The van der Waals surface area contributed by atoms with Crippen LogP contribution in [0.4, 0.5) is 0 Å². The number of rotatable bonds is 0. The third-order valence-corrected chi connectivity index (χ3v) is 2.11. The van der Waals surface area contributed by atoms with E-state index in [0.29, 0.717) is 19.8 Å². The lowest BCUT2D eigenvalue weighted by atomic mass is 9.93. The van der Waals surface area contributed by atoms with Crippen LogP contribution in [-0.4, -0.2) is 25.3 Å². The van der Waals surface area contributed by atoms with Crippen LogP contribution in [0.3, 0.4) is 0 Å². The molecule has 0 saturated carbocycles. The van der Waals surface area contributed by atoms with Crippen LogP contribution >= 0.6 is 11.6 Å². The Kier molecular flexibility index (Phi) is 1.27. The number of hydrogen-bond acceptors (Lipinski definition) is 3. The molecule has 0 spiro atoms. The van der Waals surface area contributed by atoms with Gasteiger partial charge in [0.25, 0.3) is 0 Å². The molecular formula is C6H9ClO3. The minimum atomic E-state index is -1.27. The van der Waals surface area contributed by atoms with Gasteiger partial charge in [-0.05, 0) is 11.6 Å². The van der Waals surface area contributed by atoms with Gasteiger partial charge in [-0.2, -0.15) is 0 Å². The maximum atomic E-state index is 5.69. The van der Waals surface area contributed by atoms with Crippen LogP contribution in [-0.2, 0) is 14.2 Å². The Morgan fingerprint density at radius 1 is 1.10 bits per heavy atom. The van der Waals surface area contributed by atoms with E-state index < -0.39 is 5.43 Å². The third-order valence-electron chi connectivity index (χ3n) is 1.78. The summed E-state index contributed by atoms with van der Waals surface area (Å²) >= 11 is 5.69. The van der Waals surface area contributed by atoms with Crippen LogP contribution < -0.4 is 0 Å². The molecule has 0 atom stereocenters. The Labute approximate surface area is 64.2 Å². The standard InChI is InChI=1S/C6H9ClO3/c1-5-2-8-6(7,9-3-5)10-4-5/h2-4H2,1H3. The van der Waals surface area contributed by atoms with Crippen molar-refractivity contribution >= 4 is 11.6 Å². The summed E-state index contributed by atoms with van der Waals surface area (Å²) in [6.45, 7) is 3.91. The first kappa shape index (κ1) is 6.85. The Bertz CT molecular complexity index is 117. The average Bonchev–Trinajstić information content (AvgIpc) is 1.93. The molecule has 58 valence electrons. The molecule has 0 unspecified atom stereocenters. The summed E-state index contributed by atoms with van der Waals surface area (Å²) in [4.78, 5) is 0. The smallest absolute Gasteiger partial charge is 0.313 e. The molecule has 3 fully saturated rings. The molecule has 3 rings (SSSR count). The van der Waals surface area contributed by atoms with Crippen molar-refractivity contribution in [3.8, 4) is 0 Å². The number of hydrogen-bond donors (Lipinski definition) is 0. The number of ether oxygens (including phenoxy) is 3. The molecule has 2 bridgehead atoms. The van der Waals surface area contributed by atoms with E-state index in [0.717, 1.165) is 0 Å². The molecule has 0 amide bonds. The minimum Gasteiger partial charge on any atom is -0.313 e. The highest BCUT2D eigenvalue weighted by Crippen LogP contribution is 2.39. The van der Waals surface area contributed by atoms with Crippen molar-refractivity contribution < 1.29 is 14.2 Å². The zero-order valence-corrected chi connectivity index (χ0v) is 6.48. The van der Waals surface area contributed by atoms with E-state index in [1.54, 1.807) is 0 Å². The molecule has 0 aromatic carbocycles. The Hall–Kier alpha value is 0.170. The van der Waals surface area contributed by atoms with Gasteiger partial charge in [-0.3, -0.25) is 0 Å². The second-order valence-corrected chi connectivity index (χ2v) is 3.62. The fourth-order valence-electron chi connectivity index (χ4n) is 1.03. The van der Waals surface area contributed by atoms with Crippen molar-refractivity contribution in [2.75, 3.05) is 19.8 Å². The summed E-state index contributed by atoms with van der Waals surface area (Å²) in [7, 11) is 0. The lowest BCUT2D eigenvalue weighted by Crippen LogP contribution is -2.55. The lowest BCUT2D eigenvalue weighted by molar-refractivity contribution is -0.421. The molecule has 3 aliphatic heterocycles. The first-order valence-electron chi connectivity index (χ1n) is 3.23. The second kappa shape index (κ2) is 1.85. The highest BCUT2D eigenvalue weighted by molar-refractivity contribution is 6.21. The SMILES string of the molecule is CC12COC(Cl)(OC1)OC2. The molecule has 4 heteroatoms. The predicted octanol–water partition coefficient (Wildman–Crippen LogP) is 0.920. The van der Waals surface area contributed by atoms with E-state index >= 15 is 0 Å². The molecule has 0 aliphatic carbocycles. The third kappa shape index (κ3) is 0.937. The summed E-state index contributed by atoms with van der Waals surface area (Å²) in [5, 5.41) is 0. The van der Waals surface area contributed by atoms with Gasteiger partial charge in [0.2, 0.25) is 0 Å². The molecule has 3 aliphatic rings. The monoisotopic (exact) mass is 164 g/mol. The maximum absolute atomic E-state index is 5.69. The normalized spacial score (nSPS) is 53.4. The lowest BCUT2D eigenvalue weighted by Gasteiger charge is -2.46. The predicted molar refractivity (Wildman–Crippen MR) is 34.5 cm³/mol. The van der Waals surface area contributed by atoms with Gasteiger partial charge in [-0.1, -0.05) is 6.92 Å². The van der Waals surface area contributed by atoms with Crippen molar-refractivity contribution in [3.05, 3.63) is 0 Å². The van der Waals surface area contributed by atoms with Crippen LogP contribution in [0.25, 0.3) is 0 Å². The molecule has 0 N–H and O–H groups in total. The average molecular weight is 165 g/mol. The maximum Gasteiger partial charge on any atom is 0.370 e. The summed E-state index contributed by atoms with van der Waals surface area (Å²) in [5.41, 5.74) is -1.26. The summed E-state index contributed by atoms with van der Waals surface area (Å²) < 4.78 is 15.3. The Morgan fingerprint density at radius 2 is 1.50 bits per heavy atom. The van der Waals surface area contributed by atoms with Gasteiger partial charge in [-0.15, -0.1) is 0 Å². The van der Waals surface area contributed by atoms with Crippen LogP contribution in [0.5, 0.6) is 0 Å². The van der Waals surface area contributed by atoms with Gasteiger partial charge in [0.1, 0.15) is 0 Å². The fraction of sp³-hybridized carbons (Fsp3) is 1.00. The quantitative estimate of drug-likeness (QED) is 0.499. The van der Waals surface area contributed by atoms with Gasteiger partial charge >= 0.3 is 5.43 Å². The van der Waals surface area contributed by atoms with Crippen molar-refractivity contribution in [2.45, 2.75) is 12.4 Å². The number of fused-ring (bicyclic) bond motifs is 3. The van der Waals surface area contributed by atoms with Crippen molar-refractivity contribution in [1.29, 1.82) is 0 Å². The molecular weight excluding hydrogens is 156 g/mol. The largest absolute Gasteiger partial charge is 0.370 e. The molecule has 3 saturated heterocycles. The summed E-state index contributed by atoms with van der Waals surface area (Å²) in [6, 6.07) is 0. The summed E-state index contributed by atoms with van der Waals surface area (Å²) in [5.74, 6) is 0. The van der Waals surface area contributed by atoms with Gasteiger partial charge in [0.05, 0.1) is 19.8 Å². The first-order valence-corrected chi connectivity index (χ1v) is 3.61. The zero-order valence-electron chi connectivity index (χ0n) is 5.72. The van der Waals surface area contributed by atoms with Gasteiger partial charge in [0, 0.05) is 5.41 Å². The molecule has 0 aromatic heterocycles. The number of alkyl halides is 1. The molecule has 0 aromatic rings. The van der Waals surface area contributed by atoms with Crippen molar-refractivity contribution in [3.63, 3.8) is 0 Å². The van der Waals surface area contributed by atoms with Crippen LogP contribution in [0.1, 0.15) is 6.92 Å². The molecule has 3 nitrogen and oxygen atoms in total. The van der Waals surface area contributed by atoms with E-state index in [2.05, 4.69) is 0 Å². The Morgan fingerprint density at radius 3 is 1.80 bits per heavy atom. The van der Waals surface area contributed by atoms with Crippen molar-refractivity contribution in [2.24, 2.45) is 5.41 Å². The Balaban J connectivity index is 2.16. The van der Waals surface area contributed by atoms with Crippen LogP contribution in [0.2, 0.25) is 0 Å². The van der Waals surface area contributed by atoms with E-state index in [9.17, 15) is 0 Å². The van der Waals surface area contributed by atoms with E-state index in [-0.39, 0.29) is 5.41 Å². The van der Waals surface area contributed by atoms with Gasteiger partial charge < -0.3 is 14.2 Å². The molecule has 10 heavy (non-hydrogen) atoms. The van der Waals surface area contributed by atoms with Gasteiger partial charge in [0.15, 0.2) is 0 Å². The van der Waals surface area contributed by atoms with Crippen LogP contribution in [0, 0.1) is 5.41 Å². The highest BCUT2D eigenvalue weighted by Gasteiger charge is 2.49. The second-order valence-electron chi connectivity index (χ2n) is 3.16. The highest BCUT2D eigenvalue weighted by atomic mass is 35.5. The minimum absolute atomic E-state index is 0.0106. The zero-order chi connectivity index (χ0) is 7.24. The fourth-order valence-corrected chi connectivity index (χ4v) is 1.19. The van der Waals surface area contributed by atoms with E-state index in [1.807, 2.05) is 6.92 Å². The summed E-state index contributed by atoms with van der Waals surface area (Å²) in [6.07, 6.45) is 0.